The molecule has 0 radical (unpaired) electrons. The monoisotopic (exact) mass is 534 g/mol. The van der Waals surface area contributed by atoms with E-state index < -0.39 is 12.1 Å². The average Bonchev–Trinajstić information content (AvgIpc) is 3.14. The number of hydrogen-bond donors (Lipinski definition) is 1. The molecule has 204 valence electrons. The van der Waals surface area contributed by atoms with Gasteiger partial charge in [0.05, 0.1) is 6.61 Å². The Kier molecular flexibility index (Phi) is 8.74. The van der Waals surface area contributed by atoms with Gasteiger partial charge in [-0.25, -0.2) is 4.79 Å². The Morgan fingerprint density at radius 3 is 2.27 bits per heavy atom. The van der Waals surface area contributed by atoms with Crippen LogP contribution in [0.15, 0.2) is 91.0 Å². The standard InChI is InChI=1S/C35H34O5/c1-3-24-9-12-27-13-14-29-23-28(26-7-5-4-6-8-26)15-18-31(29)34(32(27)21-24)40-20-19-39-30-16-10-25(11-17-30)22-33(38-2)35(36)37/h4-18,21,23,33-34H,3,19-20,22H2,1-2H3,(H,36,37). The fraction of sp³-hybridized carbons (Fsp3) is 0.229. The van der Waals surface area contributed by atoms with Crippen molar-refractivity contribution in [2.45, 2.75) is 32.0 Å². The summed E-state index contributed by atoms with van der Waals surface area (Å²) in [6.45, 7) is 2.96. The molecule has 4 aromatic carbocycles. The van der Waals surface area contributed by atoms with Gasteiger partial charge in [0.2, 0.25) is 0 Å². The van der Waals surface area contributed by atoms with Crippen LogP contribution in [-0.4, -0.2) is 37.5 Å². The molecule has 5 rings (SSSR count). The van der Waals surface area contributed by atoms with E-state index >= 15 is 0 Å². The van der Waals surface area contributed by atoms with E-state index in [1.807, 2.05) is 30.3 Å². The number of fused-ring (bicyclic) bond motifs is 2. The quantitative estimate of drug-likeness (QED) is 0.206. The zero-order chi connectivity index (χ0) is 27.9. The fourth-order valence-electron chi connectivity index (χ4n) is 5.05. The van der Waals surface area contributed by atoms with Crippen LogP contribution >= 0.6 is 0 Å². The van der Waals surface area contributed by atoms with Gasteiger partial charge in [-0.05, 0) is 69.1 Å². The van der Waals surface area contributed by atoms with Crippen molar-refractivity contribution >= 4 is 18.1 Å². The van der Waals surface area contributed by atoms with Crippen LogP contribution in [0.4, 0.5) is 0 Å². The van der Waals surface area contributed by atoms with E-state index in [4.69, 9.17) is 14.2 Å². The van der Waals surface area contributed by atoms with E-state index in [2.05, 4.69) is 79.7 Å². The first kappa shape index (κ1) is 27.4. The minimum Gasteiger partial charge on any atom is -0.491 e. The molecule has 0 bridgehead atoms. The van der Waals surface area contributed by atoms with E-state index in [9.17, 15) is 9.90 Å². The summed E-state index contributed by atoms with van der Waals surface area (Å²) in [5.41, 5.74) is 9.12. The number of carboxylic acid groups (broad SMARTS) is 1. The zero-order valence-electron chi connectivity index (χ0n) is 22.9. The number of carboxylic acids is 1. The number of benzene rings is 4. The lowest BCUT2D eigenvalue weighted by atomic mass is 9.92. The van der Waals surface area contributed by atoms with E-state index in [1.54, 1.807) is 0 Å². The first-order chi connectivity index (χ1) is 19.6. The Hall–Kier alpha value is -4.19. The third-order valence-corrected chi connectivity index (χ3v) is 7.30. The second-order valence-corrected chi connectivity index (χ2v) is 9.87. The topological polar surface area (TPSA) is 65.0 Å². The van der Waals surface area contributed by atoms with Crippen LogP contribution < -0.4 is 4.74 Å². The van der Waals surface area contributed by atoms with Gasteiger partial charge in [0.25, 0.3) is 0 Å². The minimum absolute atomic E-state index is 0.218. The zero-order valence-corrected chi connectivity index (χ0v) is 22.9. The maximum Gasteiger partial charge on any atom is 0.333 e. The summed E-state index contributed by atoms with van der Waals surface area (Å²) >= 11 is 0. The van der Waals surface area contributed by atoms with Crippen molar-refractivity contribution in [1.82, 2.24) is 0 Å². The first-order valence-electron chi connectivity index (χ1n) is 13.6. The van der Waals surface area contributed by atoms with Crippen molar-refractivity contribution in [2.75, 3.05) is 20.3 Å². The molecular weight excluding hydrogens is 500 g/mol. The Morgan fingerprint density at radius 2 is 1.55 bits per heavy atom. The summed E-state index contributed by atoms with van der Waals surface area (Å²) < 4.78 is 17.6. The third kappa shape index (κ3) is 6.33. The number of hydrogen-bond acceptors (Lipinski definition) is 4. The highest BCUT2D eigenvalue weighted by Gasteiger charge is 2.23. The van der Waals surface area contributed by atoms with Crippen LogP contribution in [-0.2, 0) is 27.1 Å². The van der Waals surface area contributed by atoms with Crippen molar-refractivity contribution in [1.29, 1.82) is 0 Å². The molecular formula is C35H34O5. The number of methoxy groups -OCH3 is 1. The Morgan fingerprint density at radius 1 is 0.800 bits per heavy atom. The lowest BCUT2D eigenvalue weighted by Gasteiger charge is -2.22. The van der Waals surface area contributed by atoms with Crippen LogP contribution in [0.2, 0.25) is 0 Å². The van der Waals surface area contributed by atoms with E-state index in [0.29, 0.717) is 25.4 Å². The van der Waals surface area contributed by atoms with E-state index in [0.717, 1.165) is 34.2 Å². The van der Waals surface area contributed by atoms with Gasteiger partial charge in [0, 0.05) is 13.5 Å². The highest BCUT2D eigenvalue weighted by atomic mass is 16.5. The first-order valence-corrected chi connectivity index (χ1v) is 13.6. The molecule has 0 aliphatic heterocycles. The van der Waals surface area contributed by atoms with Gasteiger partial charge in [-0.1, -0.05) is 91.9 Å². The number of ether oxygens (including phenoxy) is 3. The molecule has 0 heterocycles. The van der Waals surface area contributed by atoms with E-state index in [-0.39, 0.29) is 6.10 Å². The molecule has 0 spiro atoms. The smallest absolute Gasteiger partial charge is 0.333 e. The van der Waals surface area contributed by atoms with Crippen LogP contribution in [0.3, 0.4) is 0 Å². The molecule has 2 unspecified atom stereocenters. The van der Waals surface area contributed by atoms with Crippen LogP contribution in [0.1, 0.15) is 46.4 Å². The second-order valence-electron chi connectivity index (χ2n) is 9.87. The van der Waals surface area contributed by atoms with Gasteiger partial charge in [0.1, 0.15) is 18.5 Å². The van der Waals surface area contributed by atoms with Gasteiger partial charge in [0.15, 0.2) is 6.10 Å². The summed E-state index contributed by atoms with van der Waals surface area (Å²) in [6.07, 6.45) is 4.55. The average molecular weight is 535 g/mol. The van der Waals surface area contributed by atoms with Crippen molar-refractivity contribution < 1.29 is 24.1 Å². The van der Waals surface area contributed by atoms with Gasteiger partial charge >= 0.3 is 5.97 Å². The Bertz CT molecular complexity index is 1470. The van der Waals surface area contributed by atoms with Crippen molar-refractivity contribution in [3.05, 3.63) is 124 Å². The maximum absolute atomic E-state index is 11.2. The summed E-state index contributed by atoms with van der Waals surface area (Å²) in [7, 11) is 1.41. The molecule has 0 saturated carbocycles. The summed E-state index contributed by atoms with van der Waals surface area (Å²) in [4.78, 5) is 11.2. The molecule has 5 nitrogen and oxygen atoms in total. The molecule has 5 heteroatoms. The predicted molar refractivity (Wildman–Crippen MR) is 158 cm³/mol. The van der Waals surface area contributed by atoms with Crippen LogP contribution in [0.5, 0.6) is 5.75 Å². The Balaban J connectivity index is 1.31. The molecule has 0 aromatic heterocycles. The summed E-state index contributed by atoms with van der Waals surface area (Å²) in [6, 6.07) is 31.1. The molecule has 0 amide bonds. The number of rotatable bonds is 11. The van der Waals surface area contributed by atoms with Crippen molar-refractivity contribution in [2.24, 2.45) is 0 Å². The maximum atomic E-state index is 11.2. The normalized spacial score (nSPS) is 14.6. The van der Waals surface area contributed by atoms with Crippen LogP contribution in [0.25, 0.3) is 23.3 Å². The third-order valence-electron chi connectivity index (χ3n) is 7.30. The predicted octanol–water partition coefficient (Wildman–Crippen LogP) is 7.23. The fourth-order valence-corrected chi connectivity index (χ4v) is 5.05. The molecule has 4 aromatic rings. The lowest BCUT2D eigenvalue weighted by Crippen LogP contribution is -2.24. The molecule has 0 fully saturated rings. The highest BCUT2D eigenvalue weighted by Crippen LogP contribution is 2.38. The molecule has 1 N–H and O–H groups in total. The summed E-state index contributed by atoms with van der Waals surface area (Å²) in [5, 5.41) is 9.21. The lowest BCUT2D eigenvalue weighted by molar-refractivity contribution is -0.148. The summed E-state index contributed by atoms with van der Waals surface area (Å²) in [5.74, 6) is -0.264. The highest BCUT2D eigenvalue weighted by molar-refractivity contribution is 5.79. The van der Waals surface area contributed by atoms with E-state index in [1.165, 1.54) is 23.8 Å². The van der Waals surface area contributed by atoms with Crippen molar-refractivity contribution in [3.8, 4) is 16.9 Å². The number of carbonyl (C=O) groups is 1. The molecule has 1 aliphatic carbocycles. The second kappa shape index (κ2) is 12.8. The van der Waals surface area contributed by atoms with Crippen LogP contribution in [0, 0.1) is 0 Å². The Labute approximate surface area is 235 Å². The van der Waals surface area contributed by atoms with Gasteiger partial charge in [-0.15, -0.1) is 0 Å². The number of aliphatic carboxylic acids is 1. The van der Waals surface area contributed by atoms with Gasteiger partial charge in [-0.3, -0.25) is 0 Å². The molecule has 2 atom stereocenters. The molecule has 1 aliphatic rings. The van der Waals surface area contributed by atoms with Gasteiger partial charge < -0.3 is 19.3 Å². The minimum atomic E-state index is -0.973. The SMILES string of the molecule is CCc1ccc2c(c1)C(OCCOc1ccc(CC(OC)C(=O)O)cc1)c1ccc(-c3ccccc3)cc1C=C2. The van der Waals surface area contributed by atoms with Crippen molar-refractivity contribution in [3.63, 3.8) is 0 Å². The molecule has 0 saturated heterocycles. The number of aryl methyl sites for hydroxylation is 1. The largest absolute Gasteiger partial charge is 0.491 e. The van der Waals surface area contributed by atoms with Gasteiger partial charge in [-0.2, -0.15) is 0 Å². The molecule has 40 heavy (non-hydrogen) atoms.